The highest BCUT2D eigenvalue weighted by atomic mass is 16.6. The number of ether oxygens (including phenoxy) is 1. The first-order chi connectivity index (χ1) is 8.60. The van der Waals surface area contributed by atoms with Crippen LogP contribution in [0, 0.1) is 5.92 Å². The van der Waals surface area contributed by atoms with E-state index in [-0.39, 0.29) is 12.6 Å². The van der Waals surface area contributed by atoms with Crippen molar-refractivity contribution in [2.75, 3.05) is 27.2 Å². The summed E-state index contributed by atoms with van der Waals surface area (Å²) in [4.78, 5) is 26.7. The zero-order valence-electron chi connectivity index (χ0n) is 12.3. The van der Waals surface area contributed by atoms with Gasteiger partial charge in [-0.3, -0.25) is 4.79 Å². The average molecular weight is 272 g/mol. The minimum atomic E-state index is -0.861. The second-order valence-corrected chi connectivity index (χ2v) is 6.27. The standard InChI is InChI=1S/C13H24N2O4/c1-13(2,3)19-12(18)15-7-9(11(16)17)6-10(8-15)14(4)5/h9-10H,6-8H2,1-5H3,(H,16,17)/t9-,10-/m1/s1. The summed E-state index contributed by atoms with van der Waals surface area (Å²) in [6, 6.07) is 0.0439. The summed E-state index contributed by atoms with van der Waals surface area (Å²) in [5.74, 6) is -1.39. The van der Waals surface area contributed by atoms with E-state index in [1.165, 1.54) is 4.90 Å². The van der Waals surface area contributed by atoms with Crippen molar-refractivity contribution in [1.82, 2.24) is 9.80 Å². The van der Waals surface area contributed by atoms with Gasteiger partial charge in [0, 0.05) is 19.1 Å². The van der Waals surface area contributed by atoms with Crippen molar-refractivity contribution in [2.24, 2.45) is 5.92 Å². The van der Waals surface area contributed by atoms with Crippen molar-refractivity contribution < 1.29 is 19.4 Å². The Hall–Kier alpha value is -1.30. The second-order valence-electron chi connectivity index (χ2n) is 6.27. The third-order valence-electron chi connectivity index (χ3n) is 3.16. The van der Waals surface area contributed by atoms with Crippen LogP contribution >= 0.6 is 0 Å². The predicted octanol–water partition coefficient (Wildman–Crippen LogP) is 1.26. The highest BCUT2D eigenvalue weighted by Crippen LogP contribution is 2.22. The molecule has 0 spiro atoms. The Morgan fingerprint density at radius 3 is 2.26 bits per heavy atom. The van der Waals surface area contributed by atoms with Gasteiger partial charge in [-0.05, 0) is 41.3 Å². The number of amides is 1. The van der Waals surface area contributed by atoms with Crippen LogP contribution in [0.3, 0.4) is 0 Å². The normalized spacial score (nSPS) is 24.4. The van der Waals surface area contributed by atoms with Crippen molar-refractivity contribution >= 4 is 12.1 Å². The largest absolute Gasteiger partial charge is 0.481 e. The van der Waals surface area contributed by atoms with Crippen LogP contribution in [0.25, 0.3) is 0 Å². The number of carbonyl (C=O) groups excluding carboxylic acids is 1. The summed E-state index contributed by atoms with van der Waals surface area (Å²) >= 11 is 0. The molecular formula is C13H24N2O4. The molecule has 1 aliphatic rings. The first-order valence-corrected chi connectivity index (χ1v) is 6.47. The van der Waals surface area contributed by atoms with Gasteiger partial charge in [0.1, 0.15) is 5.60 Å². The lowest BCUT2D eigenvalue weighted by molar-refractivity contribution is -0.144. The van der Waals surface area contributed by atoms with E-state index in [9.17, 15) is 14.7 Å². The zero-order chi connectivity index (χ0) is 14.8. The van der Waals surface area contributed by atoms with E-state index >= 15 is 0 Å². The quantitative estimate of drug-likeness (QED) is 0.819. The first kappa shape index (κ1) is 15.8. The van der Waals surface area contributed by atoms with Gasteiger partial charge in [-0.25, -0.2) is 4.79 Å². The molecule has 0 bridgehead atoms. The number of likely N-dealkylation sites (N-methyl/N-ethyl adjacent to an activating group) is 1. The maximum absolute atomic E-state index is 12.0. The molecule has 0 aromatic rings. The Balaban J connectivity index is 2.76. The van der Waals surface area contributed by atoms with E-state index in [4.69, 9.17) is 4.74 Å². The summed E-state index contributed by atoms with van der Waals surface area (Å²) in [6.45, 7) is 6.12. The third kappa shape index (κ3) is 4.70. The number of carboxylic acids is 1. The van der Waals surface area contributed by atoms with Gasteiger partial charge in [-0.15, -0.1) is 0 Å². The number of aliphatic carboxylic acids is 1. The lowest BCUT2D eigenvalue weighted by atomic mass is 9.94. The summed E-state index contributed by atoms with van der Waals surface area (Å²) in [6.07, 6.45) is 0.118. The fraction of sp³-hybridized carbons (Fsp3) is 0.846. The highest BCUT2D eigenvalue weighted by molar-refractivity contribution is 5.73. The molecule has 110 valence electrons. The van der Waals surface area contributed by atoms with Gasteiger partial charge in [0.25, 0.3) is 0 Å². The van der Waals surface area contributed by atoms with Crippen LogP contribution in [0.2, 0.25) is 0 Å². The fourth-order valence-corrected chi connectivity index (χ4v) is 2.10. The van der Waals surface area contributed by atoms with Crippen LogP contribution in [-0.4, -0.2) is 65.8 Å². The number of hydrogen-bond donors (Lipinski definition) is 1. The molecular weight excluding hydrogens is 248 g/mol. The number of nitrogens with zero attached hydrogens (tertiary/aromatic N) is 2. The Morgan fingerprint density at radius 1 is 1.26 bits per heavy atom. The van der Waals surface area contributed by atoms with E-state index in [0.29, 0.717) is 13.0 Å². The fourth-order valence-electron chi connectivity index (χ4n) is 2.10. The van der Waals surface area contributed by atoms with Crippen molar-refractivity contribution in [1.29, 1.82) is 0 Å². The third-order valence-corrected chi connectivity index (χ3v) is 3.16. The molecule has 0 aromatic heterocycles. The van der Waals surface area contributed by atoms with Crippen LogP contribution in [-0.2, 0) is 9.53 Å². The van der Waals surface area contributed by atoms with Crippen LogP contribution in [0.5, 0.6) is 0 Å². The van der Waals surface area contributed by atoms with Crippen LogP contribution in [0.1, 0.15) is 27.2 Å². The van der Waals surface area contributed by atoms with Gasteiger partial charge in [0.05, 0.1) is 5.92 Å². The number of likely N-dealkylation sites (tertiary alicyclic amines) is 1. The van der Waals surface area contributed by atoms with Crippen molar-refractivity contribution in [3.8, 4) is 0 Å². The van der Waals surface area contributed by atoms with Crippen molar-refractivity contribution in [2.45, 2.75) is 38.8 Å². The molecule has 0 radical (unpaired) electrons. The van der Waals surface area contributed by atoms with Gasteiger partial charge in [0.2, 0.25) is 0 Å². The van der Waals surface area contributed by atoms with Gasteiger partial charge < -0.3 is 19.6 Å². The molecule has 1 saturated heterocycles. The molecule has 0 aliphatic carbocycles. The Kier molecular flexibility index (Phi) is 4.79. The van der Waals surface area contributed by atoms with E-state index in [1.807, 2.05) is 19.0 Å². The van der Waals surface area contributed by atoms with Crippen LogP contribution < -0.4 is 0 Å². The lowest BCUT2D eigenvalue weighted by Gasteiger charge is -2.39. The van der Waals surface area contributed by atoms with Gasteiger partial charge >= 0.3 is 12.1 Å². The molecule has 2 atom stereocenters. The van der Waals surface area contributed by atoms with Gasteiger partial charge in [0.15, 0.2) is 0 Å². The summed E-state index contributed by atoms with van der Waals surface area (Å²) in [5.41, 5.74) is -0.569. The molecule has 0 unspecified atom stereocenters. The molecule has 19 heavy (non-hydrogen) atoms. The average Bonchev–Trinajstić information content (AvgIpc) is 2.25. The Labute approximate surface area is 114 Å². The van der Waals surface area contributed by atoms with E-state index < -0.39 is 23.6 Å². The van der Waals surface area contributed by atoms with E-state index in [1.54, 1.807) is 20.8 Å². The number of piperidine rings is 1. The second kappa shape index (κ2) is 5.77. The zero-order valence-corrected chi connectivity index (χ0v) is 12.3. The minimum Gasteiger partial charge on any atom is -0.481 e. The van der Waals surface area contributed by atoms with E-state index in [2.05, 4.69) is 0 Å². The minimum absolute atomic E-state index is 0.0439. The maximum Gasteiger partial charge on any atom is 0.410 e. The van der Waals surface area contributed by atoms with Crippen LogP contribution in [0.4, 0.5) is 4.79 Å². The maximum atomic E-state index is 12.0. The number of rotatable bonds is 2. The van der Waals surface area contributed by atoms with Crippen LogP contribution in [0.15, 0.2) is 0 Å². The Morgan fingerprint density at radius 2 is 1.84 bits per heavy atom. The molecule has 1 N–H and O–H groups in total. The number of carboxylic acid groups (broad SMARTS) is 1. The molecule has 0 aromatic carbocycles. The molecule has 1 amide bonds. The monoisotopic (exact) mass is 272 g/mol. The lowest BCUT2D eigenvalue weighted by Crippen LogP contribution is -2.53. The Bertz CT molecular complexity index is 349. The van der Waals surface area contributed by atoms with Gasteiger partial charge in [-0.2, -0.15) is 0 Å². The summed E-state index contributed by atoms with van der Waals surface area (Å²) in [5, 5.41) is 9.17. The van der Waals surface area contributed by atoms with Crippen molar-refractivity contribution in [3.63, 3.8) is 0 Å². The summed E-state index contributed by atoms with van der Waals surface area (Å²) < 4.78 is 5.31. The number of hydrogen-bond acceptors (Lipinski definition) is 4. The molecule has 6 heteroatoms. The first-order valence-electron chi connectivity index (χ1n) is 6.47. The van der Waals surface area contributed by atoms with Gasteiger partial charge in [-0.1, -0.05) is 0 Å². The molecule has 1 rings (SSSR count). The molecule has 6 nitrogen and oxygen atoms in total. The SMILES string of the molecule is CN(C)[C@@H]1C[C@@H](C(=O)O)CN(C(=O)OC(C)(C)C)C1. The summed E-state index contributed by atoms with van der Waals surface area (Å²) in [7, 11) is 3.78. The van der Waals surface area contributed by atoms with Crippen molar-refractivity contribution in [3.05, 3.63) is 0 Å². The molecule has 1 heterocycles. The number of carbonyl (C=O) groups is 2. The molecule has 1 fully saturated rings. The predicted molar refractivity (Wildman–Crippen MR) is 71.0 cm³/mol. The smallest absolute Gasteiger partial charge is 0.410 e. The van der Waals surface area contributed by atoms with E-state index in [0.717, 1.165) is 0 Å². The molecule has 1 aliphatic heterocycles. The topological polar surface area (TPSA) is 70.1 Å². The highest BCUT2D eigenvalue weighted by Gasteiger charge is 2.36. The molecule has 0 saturated carbocycles.